The van der Waals surface area contributed by atoms with Gasteiger partial charge in [-0.1, -0.05) is 30.3 Å². The van der Waals surface area contributed by atoms with Gasteiger partial charge in [0.05, 0.1) is 11.5 Å². The number of nitro groups is 1. The normalized spacial score (nSPS) is 10.6. The SMILES string of the molecule is Cc1nn(Cc2ccc(C(=O)N(C)c3ccccc3)cc2)c(C)c1[N+](=O)[O-]. The molecule has 7 nitrogen and oxygen atoms in total. The second-order valence-electron chi connectivity index (χ2n) is 6.33. The minimum atomic E-state index is -0.407. The van der Waals surface area contributed by atoms with Crippen LogP contribution in [0.4, 0.5) is 11.4 Å². The van der Waals surface area contributed by atoms with Crippen LogP contribution in [-0.2, 0) is 6.54 Å². The first-order valence-electron chi connectivity index (χ1n) is 8.49. The first kappa shape index (κ1) is 18.3. The maximum absolute atomic E-state index is 12.6. The summed E-state index contributed by atoms with van der Waals surface area (Å²) in [6, 6.07) is 16.6. The molecule has 0 aliphatic carbocycles. The van der Waals surface area contributed by atoms with Gasteiger partial charge in [0.25, 0.3) is 5.91 Å². The van der Waals surface area contributed by atoms with Crippen LogP contribution in [0.3, 0.4) is 0 Å². The predicted octanol–water partition coefficient (Wildman–Crippen LogP) is 3.73. The van der Waals surface area contributed by atoms with Gasteiger partial charge in [-0.2, -0.15) is 5.10 Å². The van der Waals surface area contributed by atoms with E-state index in [4.69, 9.17) is 0 Å². The third-order valence-corrected chi connectivity index (χ3v) is 4.51. The number of carbonyl (C=O) groups is 1. The lowest BCUT2D eigenvalue weighted by Crippen LogP contribution is -2.26. The van der Waals surface area contributed by atoms with Gasteiger partial charge in [-0.25, -0.2) is 0 Å². The Morgan fingerprint density at radius 1 is 1.11 bits per heavy atom. The molecule has 0 fully saturated rings. The molecule has 0 unspecified atom stereocenters. The van der Waals surface area contributed by atoms with Crippen molar-refractivity contribution in [2.24, 2.45) is 0 Å². The Morgan fingerprint density at radius 3 is 2.30 bits per heavy atom. The summed E-state index contributed by atoms with van der Waals surface area (Å²) < 4.78 is 1.61. The fourth-order valence-corrected chi connectivity index (χ4v) is 2.99. The summed E-state index contributed by atoms with van der Waals surface area (Å²) in [6.07, 6.45) is 0. The number of rotatable bonds is 5. The van der Waals surface area contributed by atoms with Gasteiger partial charge >= 0.3 is 5.69 Å². The van der Waals surface area contributed by atoms with Gasteiger partial charge in [0.15, 0.2) is 0 Å². The molecule has 0 saturated carbocycles. The molecule has 0 bridgehead atoms. The van der Waals surface area contributed by atoms with Gasteiger partial charge in [-0.15, -0.1) is 0 Å². The molecular formula is C20H20N4O3. The van der Waals surface area contributed by atoms with Gasteiger partial charge < -0.3 is 4.90 Å². The molecule has 0 aliphatic rings. The van der Waals surface area contributed by atoms with E-state index in [0.717, 1.165) is 11.3 Å². The summed E-state index contributed by atoms with van der Waals surface area (Å²) in [7, 11) is 1.74. The Morgan fingerprint density at radius 2 is 1.74 bits per heavy atom. The van der Waals surface area contributed by atoms with Crippen LogP contribution in [0.5, 0.6) is 0 Å². The number of benzene rings is 2. The number of aryl methyl sites for hydroxylation is 1. The Hall–Kier alpha value is -3.48. The van der Waals surface area contributed by atoms with Crippen molar-refractivity contribution in [2.45, 2.75) is 20.4 Å². The quantitative estimate of drug-likeness (QED) is 0.510. The highest BCUT2D eigenvalue weighted by Gasteiger charge is 2.21. The monoisotopic (exact) mass is 364 g/mol. The Balaban J connectivity index is 1.77. The number of amides is 1. The second kappa shape index (κ2) is 7.41. The Bertz CT molecular complexity index is 978. The average molecular weight is 364 g/mol. The Labute approximate surface area is 157 Å². The van der Waals surface area contributed by atoms with Crippen LogP contribution in [0.2, 0.25) is 0 Å². The van der Waals surface area contributed by atoms with Crippen LogP contribution in [0, 0.1) is 24.0 Å². The molecule has 7 heteroatoms. The largest absolute Gasteiger partial charge is 0.312 e. The lowest BCUT2D eigenvalue weighted by molar-refractivity contribution is -0.386. The molecule has 0 N–H and O–H groups in total. The summed E-state index contributed by atoms with van der Waals surface area (Å²) in [5.74, 6) is -0.102. The van der Waals surface area contributed by atoms with E-state index in [0.29, 0.717) is 23.5 Å². The number of carbonyl (C=O) groups excluding carboxylic acids is 1. The standard InChI is InChI=1S/C20H20N4O3/c1-14-19(24(26)27)15(2)23(21-14)13-16-9-11-17(12-10-16)20(25)22(3)18-7-5-4-6-8-18/h4-12H,13H2,1-3H3. The van der Waals surface area contributed by atoms with Crippen molar-refractivity contribution in [1.29, 1.82) is 0 Å². The van der Waals surface area contributed by atoms with E-state index in [1.54, 1.807) is 42.6 Å². The summed E-state index contributed by atoms with van der Waals surface area (Å²) in [5, 5.41) is 15.4. The van der Waals surface area contributed by atoms with E-state index in [9.17, 15) is 14.9 Å². The zero-order valence-electron chi connectivity index (χ0n) is 15.4. The van der Waals surface area contributed by atoms with Crippen LogP contribution >= 0.6 is 0 Å². The summed E-state index contributed by atoms with van der Waals surface area (Å²) in [5.41, 5.74) is 3.27. The van der Waals surface area contributed by atoms with Crippen LogP contribution in [0.15, 0.2) is 54.6 Å². The molecule has 0 atom stereocenters. The highest BCUT2D eigenvalue weighted by Crippen LogP contribution is 2.23. The third-order valence-electron chi connectivity index (χ3n) is 4.51. The van der Waals surface area contributed by atoms with Crippen LogP contribution in [-0.4, -0.2) is 27.7 Å². The van der Waals surface area contributed by atoms with E-state index in [1.165, 1.54) is 0 Å². The zero-order valence-corrected chi connectivity index (χ0v) is 15.4. The highest BCUT2D eigenvalue weighted by molar-refractivity contribution is 6.05. The first-order chi connectivity index (χ1) is 12.9. The minimum Gasteiger partial charge on any atom is -0.311 e. The van der Waals surface area contributed by atoms with Crippen molar-refractivity contribution in [2.75, 3.05) is 11.9 Å². The molecular weight excluding hydrogens is 344 g/mol. The van der Waals surface area contributed by atoms with Crippen molar-refractivity contribution < 1.29 is 9.72 Å². The molecule has 3 rings (SSSR count). The zero-order chi connectivity index (χ0) is 19.6. The van der Waals surface area contributed by atoms with Crippen molar-refractivity contribution in [3.8, 4) is 0 Å². The van der Waals surface area contributed by atoms with E-state index in [-0.39, 0.29) is 11.6 Å². The fourth-order valence-electron chi connectivity index (χ4n) is 2.99. The highest BCUT2D eigenvalue weighted by atomic mass is 16.6. The smallest absolute Gasteiger partial charge is 0.311 e. The summed E-state index contributed by atoms with van der Waals surface area (Å²) >= 11 is 0. The van der Waals surface area contributed by atoms with Gasteiger partial charge in [0.2, 0.25) is 0 Å². The van der Waals surface area contributed by atoms with Gasteiger partial charge in [-0.05, 0) is 43.7 Å². The molecule has 3 aromatic rings. The van der Waals surface area contributed by atoms with Gasteiger partial charge in [0.1, 0.15) is 11.4 Å². The van der Waals surface area contributed by atoms with E-state index in [1.807, 2.05) is 42.5 Å². The molecule has 0 saturated heterocycles. The maximum atomic E-state index is 12.6. The maximum Gasteiger partial charge on any atom is 0.312 e. The number of nitrogens with zero attached hydrogens (tertiary/aromatic N) is 4. The van der Waals surface area contributed by atoms with Crippen LogP contribution in [0.25, 0.3) is 0 Å². The molecule has 0 aliphatic heterocycles. The van der Waals surface area contributed by atoms with Crippen molar-refractivity contribution in [3.05, 3.63) is 87.2 Å². The molecule has 1 amide bonds. The lowest BCUT2D eigenvalue weighted by atomic mass is 10.1. The molecule has 27 heavy (non-hydrogen) atoms. The van der Waals surface area contributed by atoms with E-state index < -0.39 is 4.92 Å². The van der Waals surface area contributed by atoms with Crippen LogP contribution in [0.1, 0.15) is 27.3 Å². The van der Waals surface area contributed by atoms with E-state index >= 15 is 0 Å². The molecule has 138 valence electrons. The fraction of sp³-hybridized carbons (Fsp3) is 0.200. The number of para-hydroxylation sites is 1. The molecule has 0 radical (unpaired) electrons. The molecule has 0 spiro atoms. The van der Waals surface area contributed by atoms with Crippen LogP contribution < -0.4 is 4.90 Å². The average Bonchev–Trinajstić information content (AvgIpc) is 2.95. The van der Waals surface area contributed by atoms with Crippen molar-refractivity contribution >= 4 is 17.3 Å². The van der Waals surface area contributed by atoms with Gasteiger partial charge in [0, 0.05) is 18.3 Å². The number of anilines is 1. The Kier molecular flexibility index (Phi) is 5.03. The minimum absolute atomic E-state index is 0.0475. The number of aromatic nitrogens is 2. The van der Waals surface area contributed by atoms with Crippen molar-refractivity contribution in [3.63, 3.8) is 0 Å². The molecule has 1 heterocycles. The van der Waals surface area contributed by atoms with Crippen molar-refractivity contribution in [1.82, 2.24) is 9.78 Å². The predicted molar refractivity (Wildman–Crippen MR) is 103 cm³/mol. The summed E-state index contributed by atoms with van der Waals surface area (Å²) in [4.78, 5) is 24.9. The van der Waals surface area contributed by atoms with Gasteiger partial charge in [-0.3, -0.25) is 19.6 Å². The number of hydrogen-bond acceptors (Lipinski definition) is 4. The molecule has 1 aromatic heterocycles. The first-order valence-corrected chi connectivity index (χ1v) is 8.49. The molecule has 2 aromatic carbocycles. The second-order valence-corrected chi connectivity index (χ2v) is 6.33. The third kappa shape index (κ3) is 3.72. The topological polar surface area (TPSA) is 81.3 Å². The lowest BCUT2D eigenvalue weighted by Gasteiger charge is -2.17. The number of hydrogen-bond donors (Lipinski definition) is 0. The van der Waals surface area contributed by atoms with E-state index in [2.05, 4.69) is 5.10 Å². The summed E-state index contributed by atoms with van der Waals surface area (Å²) in [6.45, 7) is 3.72.